The monoisotopic (exact) mass is 303 g/mol. The molecule has 0 bridgehead atoms. The fraction of sp³-hybridized carbons (Fsp3) is 0.286. The third kappa shape index (κ3) is 2.31. The van der Waals surface area contributed by atoms with Gasteiger partial charge in [0.25, 0.3) is 0 Å². The molecule has 2 nitrogen and oxygen atoms in total. The van der Waals surface area contributed by atoms with E-state index >= 15 is 0 Å². The highest BCUT2D eigenvalue weighted by molar-refractivity contribution is 14.1. The van der Waals surface area contributed by atoms with Crippen molar-refractivity contribution in [2.75, 3.05) is 0 Å². The second-order valence-corrected chi connectivity index (χ2v) is 3.37. The Hall–Kier alpha value is -0.370. The lowest BCUT2D eigenvalue weighted by atomic mass is 10.2. The molecule has 1 aromatic heterocycles. The van der Waals surface area contributed by atoms with Gasteiger partial charge in [-0.15, -0.1) is 0 Å². The number of halogens is 4. The van der Waals surface area contributed by atoms with Crippen molar-refractivity contribution in [3.63, 3.8) is 0 Å². The van der Waals surface area contributed by atoms with Gasteiger partial charge in [-0.25, -0.2) is 0 Å². The Morgan fingerprint density at radius 2 is 2.08 bits per heavy atom. The molecule has 0 atom stereocenters. The number of pyridine rings is 1. The number of hydrogen-bond donors (Lipinski definition) is 1. The van der Waals surface area contributed by atoms with Crippen molar-refractivity contribution in [3.05, 3.63) is 27.1 Å². The van der Waals surface area contributed by atoms with E-state index in [1.165, 1.54) is 28.7 Å². The minimum Gasteiger partial charge on any atom is -0.392 e. The molecule has 0 aliphatic heterocycles. The Morgan fingerprint density at radius 3 is 2.54 bits per heavy atom. The molecule has 0 aromatic carbocycles. The average Bonchev–Trinajstić information content (AvgIpc) is 2.02. The van der Waals surface area contributed by atoms with Gasteiger partial charge < -0.3 is 5.11 Å². The standard InChI is InChI=1S/C7H5F3INO/c8-7(9,10)6-5(11)4(3-13)1-2-12-6/h1-2,13H,3H2. The van der Waals surface area contributed by atoms with Crippen molar-refractivity contribution in [3.8, 4) is 0 Å². The summed E-state index contributed by atoms with van der Waals surface area (Å²) in [5.74, 6) is 0. The molecule has 0 saturated heterocycles. The summed E-state index contributed by atoms with van der Waals surface area (Å²) in [6, 6.07) is 1.36. The zero-order valence-electron chi connectivity index (χ0n) is 6.27. The second-order valence-electron chi connectivity index (χ2n) is 2.29. The largest absolute Gasteiger partial charge is 0.434 e. The summed E-state index contributed by atoms with van der Waals surface area (Å²) in [5, 5.41) is 8.71. The molecule has 6 heteroatoms. The van der Waals surface area contributed by atoms with E-state index in [9.17, 15) is 13.2 Å². The Kier molecular flexibility index (Phi) is 3.12. The number of rotatable bonds is 1. The normalized spacial score (nSPS) is 11.8. The topological polar surface area (TPSA) is 33.1 Å². The Morgan fingerprint density at radius 1 is 1.46 bits per heavy atom. The Bertz CT molecular complexity index is 313. The smallest absolute Gasteiger partial charge is 0.392 e. The van der Waals surface area contributed by atoms with E-state index in [4.69, 9.17) is 5.11 Å². The van der Waals surface area contributed by atoms with Crippen LogP contribution in [0.5, 0.6) is 0 Å². The van der Waals surface area contributed by atoms with Crippen LogP contribution in [-0.2, 0) is 12.8 Å². The van der Waals surface area contributed by atoms with Crippen molar-refractivity contribution in [1.29, 1.82) is 0 Å². The van der Waals surface area contributed by atoms with Crippen LogP contribution in [-0.4, -0.2) is 10.1 Å². The van der Waals surface area contributed by atoms with E-state index in [0.717, 1.165) is 6.20 Å². The molecule has 1 rings (SSSR count). The molecule has 0 amide bonds. The lowest BCUT2D eigenvalue weighted by Gasteiger charge is -2.09. The Labute approximate surface area is 85.9 Å². The number of aliphatic hydroxyl groups is 1. The van der Waals surface area contributed by atoms with Crippen LogP contribution < -0.4 is 0 Å². The molecule has 1 aromatic rings. The summed E-state index contributed by atoms with van der Waals surface area (Å²) in [5.41, 5.74) is -0.706. The van der Waals surface area contributed by atoms with Gasteiger partial charge in [-0.2, -0.15) is 13.2 Å². The van der Waals surface area contributed by atoms with Crippen molar-refractivity contribution in [1.82, 2.24) is 4.98 Å². The predicted molar refractivity (Wildman–Crippen MR) is 47.9 cm³/mol. The van der Waals surface area contributed by atoms with Gasteiger partial charge in [-0.05, 0) is 34.2 Å². The Balaban J connectivity index is 3.24. The van der Waals surface area contributed by atoms with Crippen LogP contribution in [0.15, 0.2) is 12.3 Å². The molecule has 72 valence electrons. The van der Waals surface area contributed by atoms with E-state index in [0.29, 0.717) is 0 Å². The van der Waals surface area contributed by atoms with Gasteiger partial charge in [0.2, 0.25) is 0 Å². The van der Waals surface area contributed by atoms with Gasteiger partial charge in [0, 0.05) is 9.77 Å². The maximum atomic E-state index is 12.2. The molecule has 0 radical (unpaired) electrons. The number of aliphatic hydroxyl groups excluding tert-OH is 1. The molecule has 1 heterocycles. The van der Waals surface area contributed by atoms with Crippen LogP contribution >= 0.6 is 22.6 Å². The van der Waals surface area contributed by atoms with E-state index in [-0.39, 0.29) is 9.13 Å². The lowest BCUT2D eigenvalue weighted by Crippen LogP contribution is -2.11. The van der Waals surface area contributed by atoms with E-state index in [1.807, 2.05) is 0 Å². The van der Waals surface area contributed by atoms with Crippen LogP contribution in [0.1, 0.15) is 11.3 Å². The minimum absolute atomic E-state index is 0.0462. The zero-order chi connectivity index (χ0) is 10.1. The first kappa shape index (κ1) is 10.7. The second kappa shape index (κ2) is 3.79. The van der Waals surface area contributed by atoms with Crippen molar-refractivity contribution in [2.24, 2.45) is 0 Å². The van der Waals surface area contributed by atoms with E-state index < -0.39 is 18.5 Å². The zero-order valence-corrected chi connectivity index (χ0v) is 8.43. The predicted octanol–water partition coefficient (Wildman–Crippen LogP) is 2.20. The highest BCUT2D eigenvalue weighted by atomic mass is 127. The van der Waals surface area contributed by atoms with Crippen molar-refractivity contribution in [2.45, 2.75) is 12.8 Å². The van der Waals surface area contributed by atoms with E-state index in [1.54, 1.807) is 0 Å². The third-order valence-electron chi connectivity index (χ3n) is 1.41. The van der Waals surface area contributed by atoms with Crippen LogP contribution in [0, 0.1) is 3.57 Å². The van der Waals surface area contributed by atoms with Crippen LogP contribution in [0.2, 0.25) is 0 Å². The molecule has 0 aliphatic carbocycles. The van der Waals surface area contributed by atoms with Gasteiger partial charge in [0.1, 0.15) is 0 Å². The number of nitrogens with zero attached hydrogens (tertiary/aromatic N) is 1. The highest BCUT2D eigenvalue weighted by Crippen LogP contribution is 2.32. The molecule has 0 aliphatic rings. The number of aromatic nitrogens is 1. The molecule has 1 N–H and O–H groups in total. The molecular formula is C7H5F3INO. The molecular weight excluding hydrogens is 298 g/mol. The van der Waals surface area contributed by atoms with Gasteiger partial charge in [0.05, 0.1) is 6.61 Å². The minimum atomic E-state index is -4.46. The van der Waals surface area contributed by atoms with Gasteiger partial charge in [-0.1, -0.05) is 0 Å². The maximum absolute atomic E-state index is 12.2. The first-order valence-corrected chi connectivity index (χ1v) is 4.36. The van der Waals surface area contributed by atoms with Crippen molar-refractivity contribution >= 4 is 22.6 Å². The van der Waals surface area contributed by atoms with Gasteiger partial charge in [-0.3, -0.25) is 4.98 Å². The molecule has 0 spiro atoms. The quantitative estimate of drug-likeness (QED) is 0.807. The third-order valence-corrected chi connectivity index (χ3v) is 2.61. The van der Waals surface area contributed by atoms with E-state index in [2.05, 4.69) is 4.98 Å². The van der Waals surface area contributed by atoms with Crippen LogP contribution in [0.3, 0.4) is 0 Å². The highest BCUT2D eigenvalue weighted by Gasteiger charge is 2.35. The SMILES string of the molecule is OCc1ccnc(C(F)(F)F)c1I. The summed E-state index contributed by atoms with van der Waals surface area (Å²) >= 11 is 1.52. The summed E-state index contributed by atoms with van der Waals surface area (Å²) in [6.45, 7) is -0.413. The number of alkyl halides is 3. The van der Waals surface area contributed by atoms with Crippen molar-refractivity contribution < 1.29 is 18.3 Å². The first-order valence-electron chi connectivity index (χ1n) is 3.28. The van der Waals surface area contributed by atoms with Gasteiger partial charge >= 0.3 is 6.18 Å². The molecule has 0 fully saturated rings. The van der Waals surface area contributed by atoms with Crippen LogP contribution in [0.4, 0.5) is 13.2 Å². The summed E-state index contributed by atoms with van der Waals surface area (Å²) in [6.07, 6.45) is -3.42. The summed E-state index contributed by atoms with van der Waals surface area (Å²) in [4.78, 5) is 3.21. The van der Waals surface area contributed by atoms with Crippen LogP contribution in [0.25, 0.3) is 0 Å². The molecule has 13 heavy (non-hydrogen) atoms. The molecule has 0 unspecified atom stereocenters. The molecule has 0 saturated carbocycles. The first-order chi connectivity index (χ1) is 5.96. The number of hydrogen-bond acceptors (Lipinski definition) is 2. The van der Waals surface area contributed by atoms with Gasteiger partial charge in [0.15, 0.2) is 5.69 Å². The lowest BCUT2D eigenvalue weighted by molar-refractivity contribution is -0.142. The summed E-state index contributed by atoms with van der Waals surface area (Å²) in [7, 11) is 0. The maximum Gasteiger partial charge on any atom is 0.434 e. The fourth-order valence-electron chi connectivity index (χ4n) is 0.803. The fourth-order valence-corrected chi connectivity index (χ4v) is 1.60. The average molecular weight is 303 g/mol. The summed E-state index contributed by atoms with van der Waals surface area (Å²) < 4.78 is 36.6.